The fourth-order valence-electron chi connectivity index (χ4n) is 4.10. The van der Waals surface area contributed by atoms with Gasteiger partial charge in [0.15, 0.2) is 11.5 Å². The molecule has 1 N–H and O–H groups in total. The number of nitrogens with zero attached hydrogens (tertiary/aromatic N) is 1. The zero-order chi connectivity index (χ0) is 26.1. The molecule has 0 bridgehead atoms. The van der Waals surface area contributed by atoms with Gasteiger partial charge in [-0.1, -0.05) is 18.7 Å². The Morgan fingerprint density at radius 2 is 1.75 bits per heavy atom. The van der Waals surface area contributed by atoms with E-state index in [2.05, 4.69) is 6.58 Å². The van der Waals surface area contributed by atoms with E-state index in [4.69, 9.17) is 18.9 Å². The molecule has 1 unspecified atom stereocenters. The van der Waals surface area contributed by atoms with Crippen LogP contribution in [0.4, 0.5) is 0 Å². The Morgan fingerprint density at radius 1 is 1.03 bits per heavy atom. The highest BCUT2D eigenvalue weighted by atomic mass is 16.5. The molecule has 36 heavy (non-hydrogen) atoms. The minimum absolute atomic E-state index is 0.0174. The van der Waals surface area contributed by atoms with Crippen LogP contribution in [0, 0.1) is 0 Å². The van der Waals surface area contributed by atoms with Gasteiger partial charge in [0.25, 0.3) is 11.7 Å². The lowest BCUT2D eigenvalue weighted by Crippen LogP contribution is -2.31. The second-order valence-electron chi connectivity index (χ2n) is 8.04. The summed E-state index contributed by atoms with van der Waals surface area (Å²) in [6, 6.07) is 11.2. The van der Waals surface area contributed by atoms with E-state index in [1.54, 1.807) is 55.7 Å². The van der Waals surface area contributed by atoms with Gasteiger partial charge in [0, 0.05) is 25.8 Å². The molecular formula is C28H33NO7. The highest BCUT2D eigenvalue weighted by Gasteiger charge is 2.46. The van der Waals surface area contributed by atoms with Crippen LogP contribution in [0.1, 0.15) is 37.4 Å². The van der Waals surface area contributed by atoms with Gasteiger partial charge in [0.1, 0.15) is 18.1 Å². The first-order chi connectivity index (χ1) is 17.5. The predicted molar refractivity (Wildman–Crippen MR) is 136 cm³/mol. The second-order valence-corrected chi connectivity index (χ2v) is 8.04. The number of methoxy groups -OCH3 is 1. The first-order valence-electron chi connectivity index (χ1n) is 12.0. The van der Waals surface area contributed by atoms with Gasteiger partial charge >= 0.3 is 0 Å². The van der Waals surface area contributed by atoms with Crippen LogP contribution in [0.5, 0.6) is 17.2 Å². The van der Waals surface area contributed by atoms with Crippen molar-refractivity contribution in [3.63, 3.8) is 0 Å². The average Bonchev–Trinajstić information content (AvgIpc) is 3.13. The van der Waals surface area contributed by atoms with E-state index in [0.29, 0.717) is 61.2 Å². The molecule has 1 heterocycles. The molecule has 0 aliphatic carbocycles. The van der Waals surface area contributed by atoms with Crippen LogP contribution in [0.3, 0.4) is 0 Å². The third-order valence-electron chi connectivity index (χ3n) is 5.67. The van der Waals surface area contributed by atoms with Crippen molar-refractivity contribution in [2.24, 2.45) is 0 Å². The summed E-state index contributed by atoms with van der Waals surface area (Å²) in [5.74, 6) is -0.0336. The van der Waals surface area contributed by atoms with Crippen molar-refractivity contribution in [1.29, 1.82) is 0 Å². The fraction of sp³-hybridized carbons (Fsp3) is 0.357. The number of rotatable bonds is 13. The quantitative estimate of drug-likeness (QED) is 0.144. The molecule has 0 saturated carbocycles. The SMILES string of the molecule is C=CCOc1ccc(C2/C(=C(\O)c3ccc(OCC)cc3)C(=O)C(=O)N2CCCOC)cc1OCC. The first-order valence-corrected chi connectivity index (χ1v) is 12.0. The van der Waals surface area contributed by atoms with E-state index in [1.807, 2.05) is 13.8 Å². The number of ketones is 1. The van der Waals surface area contributed by atoms with Crippen LogP contribution in [0.25, 0.3) is 5.76 Å². The summed E-state index contributed by atoms with van der Waals surface area (Å²) in [4.78, 5) is 27.8. The number of likely N-dealkylation sites (tertiary alicyclic amines) is 1. The predicted octanol–water partition coefficient (Wildman–Crippen LogP) is 4.51. The smallest absolute Gasteiger partial charge is 0.295 e. The molecule has 1 atom stereocenters. The Kier molecular flexibility index (Phi) is 9.53. The minimum atomic E-state index is -0.805. The molecule has 1 saturated heterocycles. The summed E-state index contributed by atoms with van der Waals surface area (Å²) in [6.07, 6.45) is 2.16. The van der Waals surface area contributed by atoms with Crippen molar-refractivity contribution in [3.8, 4) is 17.2 Å². The summed E-state index contributed by atoms with van der Waals surface area (Å²) < 4.78 is 22.1. The number of hydrogen-bond acceptors (Lipinski definition) is 7. The number of aliphatic hydroxyl groups is 1. The maximum absolute atomic E-state index is 13.2. The zero-order valence-corrected chi connectivity index (χ0v) is 21.0. The molecule has 3 rings (SSSR count). The Morgan fingerprint density at radius 3 is 2.39 bits per heavy atom. The third-order valence-corrected chi connectivity index (χ3v) is 5.67. The van der Waals surface area contributed by atoms with Crippen molar-refractivity contribution >= 4 is 17.4 Å². The van der Waals surface area contributed by atoms with Gasteiger partial charge in [0.05, 0.1) is 24.8 Å². The molecule has 2 aromatic carbocycles. The third kappa shape index (κ3) is 5.88. The molecule has 1 fully saturated rings. The van der Waals surface area contributed by atoms with E-state index >= 15 is 0 Å². The summed E-state index contributed by atoms with van der Waals surface area (Å²) in [5.41, 5.74) is 1.05. The van der Waals surface area contributed by atoms with E-state index < -0.39 is 17.7 Å². The first kappa shape index (κ1) is 26.8. The maximum Gasteiger partial charge on any atom is 0.295 e. The summed E-state index contributed by atoms with van der Waals surface area (Å²) in [5, 5.41) is 11.2. The van der Waals surface area contributed by atoms with Gasteiger partial charge in [-0.15, -0.1) is 0 Å². The number of carbonyl (C=O) groups excluding carboxylic acids is 2. The summed E-state index contributed by atoms with van der Waals surface area (Å²) >= 11 is 0. The van der Waals surface area contributed by atoms with Crippen molar-refractivity contribution in [1.82, 2.24) is 4.90 Å². The number of ether oxygens (including phenoxy) is 4. The maximum atomic E-state index is 13.2. The molecule has 0 aromatic heterocycles. The summed E-state index contributed by atoms with van der Waals surface area (Å²) in [6.45, 7) is 9.31. The Bertz CT molecular complexity index is 1110. The minimum Gasteiger partial charge on any atom is -0.507 e. The molecule has 1 amide bonds. The number of carbonyl (C=O) groups is 2. The van der Waals surface area contributed by atoms with Crippen LogP contribution in [0.15, 0.2) is 60.7 Å². The number of Topliss-reactive ketones (excluding diaryl/α,β-unsaturated/α-hetero) is 1. The molecule has 0 radical (unpaired) electrons. The second kappa shape index (κ2) is 12.8. The van der Waals surface area contributed by atoms with Gasteiger partial charge in [-0.3, -0.25) is 9.59 Å². The van der Waals surface area contributed by atoms with Crippen LogP contribution in [-0.2, 0) is 14.3 Å². The lowest BCUT2D eigenvalue weighted by Gasteiger charge is -2.26. The van der Waals surface area contributed by atoms with E-state index in [0.717, 1.165) is 0 Å². The Labute approximate surface area is 211 Å². The van der Waals surface area contributed by atoms with Gasteiger partial charge in [-0.25, -0.2) is 0 Å². The summed E-state index contributed by atoms with van der Waals surface area (Å²) in [7, 11) is 1.58. The van der Waals surface area contributed by atoms with Gasteiger partial charge < -0.3 is 29.0 Å². The van der Waals surface area contributed by atoms with Crippen molar-refractivity contribution < 1.29 is 33.6 Å². The fourth-order valence-corrected chi connectivity index (χ4v) is 4.10. The average molecular weight is 496 g/mol. The molecule has 1 aliphatic heterocycles. The van der Waals surface area contributed by atoms with Gasteiger partial charge in [-0.05, 0) is 62.2 Å². The molecular weight excluding hydrogens is 462 g/mol. The highest BCUT2D eigenvalue weighted by Crippen LogP contribution is 2.42. The number of hydrogen-bond donors (Lipinski definition) is 1. The molecule has 2 aromatic rings. The monoisotopic (exact) mass is 495 g/mol. The number of benzene rings is 2. The standard InChI is InChI=1S/C28H33NO7/c1-5-16-36-22-14-11-20(18-23(22)35-7-3)25-24(27(31)28(32)29(25)15-8-17-33-4)26(30)19-9-12-21(13-10-19)34-6-2/h5,9-14,18,25,30H,1,6-8,15-17H2,2-4H3/b26-24+. The largest absolute Gasteiger partial charge is 0.507 e. The van der Waals surface area contributed by atoms with Gasteiger partial charge in [-0.2, -0.15) is 0 Å². The molecule has 8 nitrogen and oxygen atoms in total. The Hall–Kier alpha value is -3.78. The van der Waals surface area contributed by atoms with Crippen LogP contribution in [0.2, 0.25) is 0 Å². The normalized spacial score (nSPS) is 16.8. The van der Waals surface area contributed by atoms with E-state index in [9.17, 15) is 14.7 Å². The number of amides is 1. The molecule has 1 aliphatic rings. The molecule has 0 spiro atoms. The zero-order valence-electron chi connectivity index (χ0n) is 21.0. The van der Waals surface area contributed by atoms with Gasteiger partial charge in [0.2, 0.25) is 0 Å². The molecule has 8 heteroatoms. The van der Waals surface area contributed by atoms with E-state index in [-0.39, 0.29) is 17.9 Å². The van der Waals surface area contributed by atoms with Crippen molar-refractivity contribution in [2.45, 2.75) is 26.3 Å². The van der Waals surface area contributed by atoms with E-state index in [1.165, 1.54) is 4.90 Å². The van der Waals surface area contributed by atoms with Crippen LogP contribution >= 0.6 is 0 Å². The van der Waals surface area contributed by atoms with Crippen molar-refractivity contribution in [3.05, 3.63) is 71.8 Å². The van der Waals surface area contributed by atoms with Crippen LogP contribution < -0.4 is 14.2 Å². The lowest BCUT2D eigenvalue weighted by molar-refractivity contribution is -0.140. The van der Waals surface area contributed by atoms with Crippen molar-refractivity contribution in [2.75, 3.05) is 40.1 Å². The number of aliphatic hydroxyl groups excluding tert-OH is 1. The lowest BCUT2D eigenvalue weighted by atomic mass is 9.95. The topological polar surface area (TPSA) is 94.5 Å². The Balaban J connectivity index is 2.11. The van der Waals surface area contributed by atoms with Crippen LogP contribution in [-0.4, -0.2) is 61.8 Å². The highest BCUT2D eigenvalue weighted by molar-refractivity contribution is 6.46. The molecule has 192 valence electrons.